The molecule has 0 atom stereocenters. The van der Waals surface area contributed by atoms with Crippen LogP contribution in [-0.2, 0) is 0 Å². The summed E-state index contributed by atoms with van der Waals surface area (Å²) in [4.78, 5) is 6.94. The molecule has 0 aliphatic carbocycles. The van der Waals surface area contributed by atoms with Crippen LogP contribution < -0.4 is 4.74 Å². The van der Waals surface area contributed by atoms with E-state index in [1.165, 1.54) is 6.33 Å². The van der Waals surface area contributed by atoms with Crippen molar-refractivity contribution in [2.24, 2.45) is 0 Å². The number of aromatic nitrogens is 2. The molecule has 0 radical (unpaired) electrons. The van der Waals surface area contributed by atoms with Gasteiger partial charge in [0.2, 0.25) is 0 Å². The summed E-state index contributed by atoms with van der Waals surface area (Å²) in [6.45, 7) is 0. The second-order valence-electron chi connectivity index (χ2n) is 3.24. The van der Waals surface area contributed by atoms with Crippen molar-refractivity contribution in [3.63, 3.8) is 0 Å². The van der Waals surface area contributed by atoms with Gasteiger partial charge in [0, 0.05) is 5.56 Å². The first-order valence-electron chi connectivity index (χ1n) is 4.70. The normalized spacial score (nSPS) is 10.3. The van der Waals surface area contributed by atoms with Gasteiger partial charge in [0.1, 0.15) is 0 Å². The van der Waals surface area contributed by atoms with Crippen molar-refractivity contribution in [2.45, 2.75) is 0 Å². The molecule has 1 heterocycles. The molecule has 1 N–H and O–H groups in total. The molecule has 0 saturated carbocycles. The van der Waals surface area contributed by atoms with Crippen LogP contribution in [0.25, 0.3) is 11.3 Å². The van der Waals surface area contributed by atoms with E-state index in [-0.39, 0.29) is 0 Å². The predicted molar refractivity (Wildman–Crippen MR) is 71.4 cm³/mol. The first-order chi connectivity index (χ1) is 8.13. The number of nitrogens with one attached hydrogen (secondary N) is 1. The average Bonchev–Trinajstić information content (AvgIpc) is 2.32. The van der Waals surface area contributed by atoms with Crippen molar-refractivity contribution in [3.8, 4) is 17.0 Å². The van der Waals surface area contributed by atoms with Crippen LogP contribution in [0.2, 0.25) is 10.0 Å². The molecule has 0 spiro atoms. The van der Waals surface area contributed by atoms with E-state index < -0.39 is 0 Å². The number of halogens is 2. The molecule has 2 rings (SSSR count). The van der Waals surface area contributed by atoms with Crippen LogP contribution in [0.4, 0.5) is 0 Å². The molecular weight excluding hydrogens is 279 g/mol. The SMILES string of the molecule is COc1c(-c2ccc(Cl)c(Cl)c2)[nH]cnc1=S. The number of nitrogens with zero attached hydrogens (tertiary/aromatic N) is 1. The number of methoxy groups -OCH3 is 1. The zero-order valence-corrected chi connectivity index (χ0v) is 11.2. The Balaban J connectivity index is 2.64. The molecule has 0 aliphatic rings. The zero-order chi connectivity index (χ0) is 12.4. The number of hydrogen-bond acceptors (Lipinski definition) is 3. The van der Waals surface area contributed by atoms with Gasteiger partial charge in [-0.1, -0.05) is 41.5 Å². The fraction of sp³-hybridized carbons (Fsp3) is 0.0909. The van der Waals surface area contributed by atoms with E-state index in [0.717, 1.165) is 11.3 Å². The van der Waals surface area contributed by atoms with Gasteiger partial charge in [-0.05, 0) is 12.1 Å². The third-order valence-electron chi connectivity index (χ3n) is 2.22. The predicted octanol–water partition coefficient (Wildman–Crippen LogP) is 4.12. The average molecular weight is 287 g/mol. The fourth-order valence-corrected chi connectivity index (χ4v) is 1.98. The van der Waals surface area contributed by atoms with Crippen LogP contribution in [0.3, 0.4) is 0 Å². The summed E-state index contributed by atoms with van der Waals surface area (Å²) < 4.78 is 5.62. The molecule has 0 unspecified atom stereocenters. The Bertz CT molecular complexity index is 613. The van der Waals surface area contributed by atoms with E-state index in [9.17, 15) is 0 Å². The number of hydrogen-bond donors (Lipinski definition) is 1. The number of aromatic amines is 1. The van der Waals surface area contributed by atoms with Gasteiger partial charge in [0.05, 0.1) is 29.2 Å². The van der Waals surface area contributed by atoms with Gasteiger partial charge in [-0.25, -0.2) is 4.98 Å². The van der Waals surface area contributed by atoms with Gasteiger partial charge >= 0.3 is 0 Å². The first-order valence-corrected chi connectivity index (χ1v) is 5.87. The lowest BCUT2D eigenvalue weighted by atomic mass is 10.1. The molecule has 6 heteroatoms. The van der Waals surface area contributed by atoms with Crippen molar-refractivity contribution < 1.29 is 4.74 Å². The lowest BCUT2D eigenvalue weighted by Gasteiger charge is -2.08. The van der Waals surface area contributed by atoms with Crippen LogP contribution >= 0.6 is 35.4 Å². The highest BCUT2D eigenvalue weighted by atomic mass is 35.5. The number of ether oxygens (including phenoxy) is 1. The molecule has 0 aliphatic heterocycles. The van der Waals surface area contributed by atoms with Gasteiger partial charge < -0.3 is 9.72 Å². The highest BCUT2D eigenvalue weighted by molar-refractivity contribution is 7.71. The number of H-pyrrole nitrogens is 1. The van der Waals surface area contributed by atoms with Crippen LogP contribution in [-0.4, -0.2) is 17.1 Å². The fourth-order valence-electron chi connectivity index (χ4n) is 1.44. The summed E-state index contributed by atoms with van der Waals surface area (Å²) in [5, 5.41) is 0.976. The summed E-state index contributed by atoms with van der Waals surface area (Å²) in [5.41, 5.74) is 1.57. The molecule has 0 bridgehead atoms. The summed E-state index contributed by atoms with van der Waals surface area (Å²) in [5.74, 6) is 0.515. The van der Waals surface area contributed by atoms with Crippen LogP contribution in [0.1, 0.15) is 0 Å². The molecule has 0 fully saturated rings. The highest BCUT2D eigenvalue weighted by Gasteiger charge is 2.09. The van der Waals surface area contributed by atoms with Gasteiger partial charge in [0.15, 0.2) is 10.4 Å². The van der Waals surface area contributed by atoms with Crippen LogP contribution in [0, 0.1) is 4.64 Å². The third-order valence-corrected chi connectivity index (χ3v) is 3.25. The Morgan fingerprint density at radius 1 is 1.29 bits per heavy atom. The summed E-state index contributed by atoms with van der Waals surface area (Å²) in [6, 6.07) is 5.29. The molecule has 3 nitrogen and oxygen atoms in total. The van der Waals surface area contributed by atoms with E-state index in [0.29, 0.717) is 20.4 Å². The molecule has 1 aromatic heterocycles. The minimum Gasteiger partial charge on any atom is -0.491 e. The standard InChI is InChI=1S/C11H8Cl2N2OS/c1-16-10-9(14-5-15-11(10)17)6-2-3-7(12)8(13)4-6/h2-5H,1H3,(H,14,15,17). The van der Waals surface area contributed by atoms with Crippen molar-refractivity contribution in [2.75, 3.05) is 7.11 Å². The van der Waals surface area contributed by atoms with Crippen molar-refractivity contribution >= 4 is 35.4 Å². The smallest absolute Gasteiger partial charge is 0.179 e. The van der Waals surface area contributed by atoms with E-state index in [1.807, 2.05) is 6.07 Å². The largest absolute Gasteiger partial charge is 0.491 e. The summed E-state index contributed by atoms with van der Waals surface area (Å²) in [7, 11) is 1.54. The lowest BCUT2D eigenvalue weighted by Crippen LogP contribution is -1.94. The van der Waals surface area contributed by atoms with Crippen molar-refractivity contribution in [1.82, 2.24) is 9.97 Å². The maximum atomic E-state index is 5.97. The molecule has 88 valence electrons. The maximum absolute atomic E-state index is 5.97. The van der Waals surface area contributed by atoms with Crippen molar-refractivity contribution in [1.29, 1.82) is 0 Å². The minimum absolute atomic E-state index is 0.396. The summed E-state index contributed by atoms with van der Waals surface area (Å²) >= 11 is 16.9. The second kappa shape index (κ2) is 5.04. The van der Waals surface area contributed by atoms with Crippen LogP contribution in [0.5, 0.6) is 5.75 Å². The monoisotopic (exact) mass is 286 g/mol. The third kappa shape index (κ3) is 2.44. The van der Waals surface area contributed by atoms with E-state index in [1.54, 1.807) is 19.2 Å². The number of rotatable bonds is 2. The Hall–Kier alpha value is -1.10. The Morgan fingerprint density at radius 3 is 2.71 bits per heavy atom. The van der Waals surface area contributed by atoms with E-state index in [2.05, 4.69) is 9.97 Å². The molecule has 0 saturated heterocycles. The Morgan fingerprint density at radius 2 is 2.06 bits per heavy atom. The molecule has 2 aromatic rings. The second-order valence-corrected chi connectivity index (χ2v) is 4.45. The van der Waals surface area contributed by atoms with E-state index in [4.69, 9.17) is 40.2 Å². The quantitative estimate of drug-likeness (QED) is 0.844. The molecular formula is C11H8Cl2N2OS. The van der Waals surface area contributed by atoms with Crippen LogP contribution in [0.15, 0.2) is 24.5 Å². The minimum atomic E-state index is 0.396. The van der Waals surface area contributed by atoms with E-state index >= 15 is 0 Å². The van der Waals surface area contributed by atoms with Gasteiger partial charge in [-0.2, -0.15) is 0 Å². The Labute approximate surface area is 113 Å². The highest BCUT2D eigenvalue weighted by Crippen LogP contribution is 2.32. The first kappa shape index (κ1) is 12.4. The molecule has 1 aromatic carbocycles. The topological polar surface area (TPSA) is 37.9 Å². The summed E-state index contributed by atoms with van der Waals surface area (Å²) in [6.07, 6.45) is 1.52. The maximum Gasteiger partial charge on any atom is 0.179 e. The zero-order valence-electron chi connectivity index (χ0n) is 8.83. The Kier molecular flexibility index (Phi) is 3.66. The lowest BCUT2D eigenvalue weighted by molar-refractivity contribution is 0.411. The van der Waals surface area contributed by atoms with Gasteiger partial charge in [0.25, 0.3) is 0 Å². The van der Waals surface area contributed by atoms with Gasteiger partial charge in [-0.3, -0.25) is 0 Å². The molecule has 0 amide bonds. The molecule has 17 heavy (non-hydrogen) atoms. The van der Waals surface area contributed by atoms with Gasteiger partial charge in [-0.15, -0.1) is 0 Å². The number of benzene rings is 1. The van der Waals surface area contributed by atoms with Crippen molar-refractivity contribution in [3.05, 3.63) is 39.2 Å².